The molecule has 0 saturated carbocycles. The lowest BCUT2D eigenvalue weighted by Crippen LogP contribution is -2.31. The number of carbonyl (C=O) groups is 1. The second-order valence-electron chi connectivity index (χ2n) is 2.79. The van der Waals surface area contributed by atoms with Gasteiger partial charge in [-0.3, -0.25) is 0 Å². The summed E-state index contributed by atoms with van der Waals surface area (Å²) < 4.78 is 4.96. The van der Waals surface area contributed by atoms with Crippen LogP contribution in [0.1, 0.15) is 11.1 Å². The number of amides is 1. The molecule has 0 radical (unpaired) electrons. The Balaban J connectivity index is 2.48. The summed E-state index contributed by atoms with van der Waals surface area (Å²) in [6, 6.07) is 5.69. The number of hydrogen-bond acceptors (Lipinski definition) is 2. The molecule has 3 heteroatoms. The van der Waals surface area contributed by atoms with Crippen LogP contribution >= 0.6 is 0 Å². The van der Waals surface area contributed by atoms with Gasteiger partial charge in [0.05, 0.1) is 6.54 Å². The Morgan fingerprint density at radius 2 is 2.33 bits per heavy atom. The van der Waals surface area contributed by atoms with E-state index in [4.69, 9.17) is 4.74 Å². The van der Waals surface area contributed by atoms with Crippen molar-refractivity contribution in [1.29, 1.82) is 0 Å². The van der Waals surface area contributed by atoms with Gasteiger partial charge in [0.2, 0.25) is 0 Å². The molecular weight excluding hydrogens is 154 g/mol. The number of aryl methyl sites for hydroxylation is 1. The minimum absolute atomic E-state index is 0.367. The Morgan fingerprint density at radius 3 is 3.17 bits per heavy atom. The van der Waals surface area contributed by atoms with Crippen molar-refractivity contribution in [3.63, 3.8) is 0 Å². The zero-order valence-corrected chi connectivity index (χ0v) is 6.76. The maximum Gasteiger partial charge on any atom is 0.412 e. The topological polar surface area (TPSA) is 38.3 Å². The van der Waals surface area contributed by atoms with E-state index in [1.807, 2.05) is 19.1 Å². The molecule has 1 aromatic carbocycles. The molecule has 0 saturated heterocycles. The molecule has 12 heavy (non-hydrogen) atoms. The summed E-state index contributed by atoms with van der Waals surface area (Å²) in [4.78, 5) is 10.8. The number of hydrogen-bond donors (Lipinski definition) is 1. The van der Waals surface area contributed by atoms with E-state index in [9.17, 15) is 4.79 Å². The van der Waals surface area contributed by atoms with Gasteiger partial charge in [-0.2, -0.15) is 0 Å². The third-order valence-corrected chi connectivity index (χ3v) is 1.98. The monoisotopic (exact) mass is 163 g/mol. The Labute approximate surface area is 70.3 Å². The molecule has 2 rings (SSSR count). The summed E-state index contributed by atoms with van der Waals surface area (Å²) in [6.07, 6.45) is -0.367. The summed E-state index contributed by atoms with van der Waals surface area (Å²) in [5.74, 6) is 0.679. The van der Waals surface area contributed by atoms with E-state index in [1.54, 1.807) is 6.07 Å². The van der Waals surface area contributed by atoms with Crippen molar-refractivity contribution < 1.29 is 9.53 Å². The average Bonchev–Trinajstić information content (AvgIpc) is 2.04. The lowest BCUT2D eigenvalue weighted by molar-refractivity contribution is 0.194. The normalized spacial score (nSPS) is 14.6. The van der Waals surface area contributed by atoms with Crippen molar-refractivity contribution in [2.24, 2.45) is 0 Å². The Hall–Kier alpha value is -1.51. The second kappa shape index (κ2) is 2.52. The minimum atomic E-state index is -0.367. The highest BCUT2D eigenvalue weighted by Crippen LogP contribution is 2.24. The van der Waals surface area contributed by atoms with Crippen molar-refractivity contribution in [1.82, 2.24) is 5.32 Å². The van der Waals surface area contributed by atoms with Crippen LogP contribution in [0.2, 0.25) is 0 Å². The zero-order valence-electron chi connectivity index (χ0n) is 6.76. The van der Waals surface area contributed by atoms with Gasteiger partial charge in [0.15, 0.2) is 0 Å². The van der Waals surface area contributed by atoms with Crippen LogP contribution in [0.5, 0.6) is 5.75 Å². The SMILES string of the molecule is Cc1cccc2c1CNC(=O)O2. The zero-order chi connectivity index (χ0) is 8.55. The van der Waals surface area contributed by atoms with E-state index in [0.29, 0.717) is 12.3 Å². The predicted octanol–water partition coefficient (Wildman–Crippen LogP) is 1.60. The number of nitrogens with one attached hydrogen (secondary N) is 1. The first-order valence-electron chi connectivity index (χ1n) is 3.81. The Kier molecular flexibility index (Phi) is 1.50. The van der Waals surface area contributed by atoms with E-state index >= 15 is 0 Å². The smallest absolute Gasteiger partial charge is 0.410 e. The fraction of sp³-hybridized carbons (Fsp3) is 0.222. The molecule has 1 heterocycles. The quantitative estimate of drug-likeness (QED) is 0.630. The fourth-order valence-corrected chi connectivity index (χ4v) is 1.29. The number of carbonyl (C=O) groups excluding carboxylic acids is 1. The van der Waals surface area contributed by atoms with E-state index in [0.717, 1.165) is 11.1 Å². The molecule has 1 aliphatic heterocycles. The van der Waals surface area contributed by atoms with Crippen molar-refractivity contribution in [3.8, 4) is 5.75 Å². The van der Waals surface area contributed by atoms with Gasteiger partial charge >= 0.3 is 6.09 Å². The van der Waals surface area contributed by atoms with Gasteiger partial charge in [-0.05, 0) is 18.6 Å². The molecule has 1 aliphatic rings. The second-order valence-corrected chi connectivity index (χ2v) is 2.79. The van der Waals surface area contributed by atoms with Crippen LogP contribution < -0.4 is 10.1 Å². The van der Waals surface area contributed by atoms with Crippen LogP contribution in [-0.4, -0.2) is 6.09 Å². The first-order valence-corrected chi connectivity index (χ1v) is 3.81. The highest BCUT2D eigenvalue weighted by molar-refractivity contribution is 5.73. The molecular formula is C9H9NO2. The molecule has 1 amide bonds. The van der Waals surface area contributed by atoms with Crippen LogP contribution in [0, 0.1) is 6.92 Å². The maximum atomic E-state index is 10.8. The van der Waals surface area contributed by atoms with Crippen molar-refractivity contribution in [2.75, 3.05) is 0 Å². The van der Waals surface area contributed by atoms with Gasteiger partial charge in [0.1, 0.15) is 5.75 Å². The first-order chi connectivity index (χ1) is 5.77. The summed E-state index contributed by atoms with van der Waals surface area (Å²) in [5, 5.41) is 2.62. The molecule has 62 valence electrons. The molecule has 0 fully saturated rings. The molecule has 0 bridgehead atoms. The van der Waals surface area contributed by atoms with Crippen LogP contribution in [-0.2, 0) is 6.54 Å². The largest absolute Gasteiger partial charge is 0.412 e. The van der Waals surface area contributed by atoms with Gasteiger partial charge in [-0.1, -0.05) is 12.1 Å². The molecule has 0 aliphatic carbocycles. The van der Waals surface area contributed by atoms with Crippen molar-refractivity contribution in [3.05, 3.63) is 29.3 Å². The fourth-order valence-electron chi connectivity index (χ4n) is 1.29. The molecule has 0 aromatic heterocycles. The number of benzene rings is 1. The van der Waals surface area contributed by atoms with Gasteiger partial charge in [0, 0.05) is 5.56 Å². The predicted molar refractivity (Wildman–Crippen MR) is 44.0 cm³/mol. The molecule has 3 nitrogen and oxygen atoms in total. The molecule has 1 N–H and O–H groups in total. The van der Waals surface area contributed by atoms with Gasteiger partial charge < -0.3 is 10.1 Å². The van der Waals surface area contributed by atoms with Gasteiger partial charge in [-0.25, -0.2) is 4.79 Å². The van der Waals surface area contributed by atoms with Gasteiger partial charge in [0.25, 0.3) is 0 Å². The summed E-state index contributed by atoms with van der Waals surface area (Å²) in [6.45, 7) is 2.57. The van der Waals surface area contributed by atoms with E-state index in [1.165, 1.54) is 0 Å². The minimum Gasteiger partial charge on any atom is -0.410 e. The highest BCUT2D eigenvalue weighted by Gasteiger charge is 2.16. The Morgan fingerprint density at radius 1 is 1.50 bits per heavy atom. The molecule has 0 atom stereocenters. The van der Waals surface area contributed by atoms with Crippen molar-refractivity contribution in [2.45, 2.75) is 13.5 Å². The van der Waals surface area contributed by atoms with Gasteiger partial charge in [-0.15, -0.1) is 0 Å². The van der Waals surface area contributed by atoms with E-state index in [2.05, 4.69) is 5.32 Å². The summed E-state index contributed by atoms with van der Waals surface area (Å²) in [5.41, 5.74) is 2.21. The highest BCUT2D eigenvalue weighted by atomic mass is 16.6. The number of rotatable bonds is 0. The van der Waals surface area contributed by atoms with Crippen LogP contribution in [0.15, 0.2) is 18.2 Å². The number of ether oxygens (including phenoxy) is 1. The van der Waals surface area contributed by atoms with Crippen LogP contribution in [0.25, 0.3) is 0 Å². The Bertz CT molecular complexity index is 333. The lowest BCUT2D eigenvalue weighted by Gasteiger charge is -2.18. The summed E-state index contributed by atoms with van der Waals surface area (Å²) in [7, 11) is 0. The van der Waals surface area contributed by atoms with Crippen LogP contribution in [0.4, 0.5) is 4.79 Å². The standard InChI is InChI=1S/C9H9NO2/c1-6-3-2-4-8-7(6)5-10-9(11)12-8/h2-4H,5H2,1H3,(H,10,11). The van der Waals surface area contributed by atoms with Crippen molar-refractivity contribution >= 4 is 6.09 Å². The average molecular weight is 163 g/mol. The van der Waals surface area contributed by atoms with Crippen LogP contribution in [0.3, 0.4) is 0 Å². The van der Waals surface area contributed by atoms with E-state index in [-0.39, 0.29) is 6.09 Å². The molecule has 0 spiro atoms. The number of fused-ring (bicyclic) bond motifs is 1. The molecule has 0 unspecified atom stereocenters. The third kappa shape index (κ3) is 1.03. The van der Waals surface area contributed by atoms with E-state index < -0.39 is 0 Å². The molecule has 1 aromatic rings. The first kappa shape index (κ1) is 7.16. The maximum absolute atomic E-state index is 10.8. The third-order valence-electron chi connectivity index (χ3n) is 1.98. The summed E-state index contributed by atoms with van der Waals surface area (Å²) >= 11 is 0. The lowest BCUT2D eigenvalue weighted by atomic mass is 10.1.